The van der Waals surface area contributed by atoms with Crippen LogP contribution < -0.4 is 4.74 Å². The number of likely N-dealkylation sites (N-methyl/N-ethyl adjacent to an activating group) is 1. The third kappa shape index (κ3) is 4.91. The van der Waals surface area contributed by atoms with Crippen LogP contribution in [0, 0.1) is 0 Å². The fraction of sp³-hybridized carbons (Fsp3) is 0.588. The molecule has 0 radical (unpaired) electrons. The maximum atomic E-state index is 13.0. The molecule has 0 bridgehead atoms. The van der Waals surface area contributed by atoms with Crippen LogP contribution in [0.5, 0.6) is 5.75 Å². The van der Waals surface area contributed by atoms with Gasteiger partial charge in [0.2, 0.25) is 10.0 Å². The van der Waals surface area contributed by atoms with E-state index < -0.39 is 10.0 Å². The van der Waals surface area contributed by atoms with Gasteiger partial charge in [0.15, 0.2) is 6.61 Å². The molecule has 1 aromatic rings. The zero-order valence-electron chi connectivity index (χ0n) is 15.3. The number of carbonyl (C=O) groups excluding carboxylic acids is 1. The Morgan fingerprint density at radius 1 is 1.15 bits per heavy atom. The molecule has 1 amide bonds. The van der Waals surface area contributed by atoms with E-state index in [-0.39, 0.29) is 36.2 Å². The van der Waals surface area contributed by atoms with Gasteiger partial charge in [0.05, 0.1) is 13.2 Å². The summed E-state index contributed by atoms with van der Waals surface area (Å²) in [6, 6.07) is 4.41. The number of nitrogens with zero attached hydrogens (tertiary/aromatic N) is 3. The van der Waals surface area contributed by atoms with E-state index in [1.807, 2.05) is 7.05 Å². The normalized spacial score (nSPS) is 19.9. The average molecular weight is 418 g/mol. The second-order valence-corrected chi connectivity index (χ2v) is 8.92. The first-order valence-corrected chi connectivity index (χ1v) is 10.7. The highest BCUT2D eigenvalue weighted by atomic mass is 35.5. The molecule has 0 atom stereocenters. The van der Waals surface area contributed by atoms with Gasteiger partial charge >= 0.3 is 0 Å². The van der Waals surface area contributed by atoms with Crippen LogP contribution in [0.1, 0.15) is 0 Å². The van der Waals surface area contributed by atoms with Gasteiger partial charge in [-0.1, -0.05) is 11.6 Å². The minimum atomic E-state index is -3.78. The molecule has 0 N–H and O–H groups in total. The molecule has 0 saturated carbocycles. The van der Waals surface area contributed by atoms with Gasteiger partial charge in [0, 0.05) is 44.3 Å². The van der Waals surface area contributed by atoms with E-state index in [2.05, 4.69) is 4.90 Å². The summed E-state index contributed by atoms with van der Waals surface area (Å²) in [5.41, 5.74) is 0. The van der Waals surface area contributed by atoms with Gasteiger partial charge in [-0.15, -0.1) is 0 Å². The first-order chi connectivity index (χ1) is 12.9. The molecule has 2 aliphatic heterocycles. The zero-order chi connectivity index (χ0) is 19.4. The summed E-state index contributed by atoms with van der Waals surface area (Å²) in [6.07, 6.45) is 0. The second-order valence-electron chi connectivity index (χ2n) is 6.58. The predicted molar refractivity (Wildman–Crippen MR) is 101 cm³/mol. The standard InChI is InChI=1S/C17H24ClN3O5S/c1-19-4-6-20(7-5-19)17(22)13-26-15-3-2-14(18)12-16(15)27(23,24)21-8-10-25-11-9-21/h2-3,12H,4-11,13H2,1H3. The van der Waals surface area contributed by atoms with Gasteiger partial charge in [-0.25, -0.2) is 8.42 Å². The minimum absolute atomic E-state index is 0.0249. The molecule has 2 saturated heterocycles. The lowest BCUT2D eigenvalue weighted by Gasteiger charge is -2.32. The van der Waals surface area contributed by atoms with Gasteiger partial charge < -0.3 is 19.3 Å². The first kappa shape index (κ1) is 20.3. The van der Waals surface area contributed by atoms with Crippen molar-refractivity contribution in [1.82, 2.24) is 14.1 Å². The number of ether oxygens (including phenoxy) is 2. The third-order valence-electron chi connectivity index (χ3n) is 4.70. The third-order valence-corrected chi connectivity index (χ3v) is 6.86. The van der Waals surface area contributed by atoms with Crippen LogP contribution in [0.3, 0.4) is 0 Å². The predicted octanol–water partition coefficient (Wildman–Crippen LogP) is 0.514. The Kier molecular flexibility index (Phi) is 6.59. The second kappa shape index (κ2) is 8.74. The van der Waals surface area contributed by atoms with Crippen molar-refractivity contribution in [3.8, 4) is 5.75 Å². The van der Waals surface area contributed by atoms with Crippen molar-refractivity contribution in [2.24, 2.45) is 0 Å². The van der Waals surface area contributed by atoms with Gasteiger partial charge in [0.25, 0.3) is 5.91 Å². The van der Waals surface area contributed by atoms with E-state index in [0.29, 0.717) is 31.3 Å². The van der Waals surface area contributed by atoms with Gasteiger partial charge in [-0.2, -0.15) is 4.31 Å². The number of piperazine rings is 1. The summed E-state index contributed by atoms with van der Waals surface area (Å²) in [6.45, 7) is 3.92. The Morgan fingerprint density at radius 2 is 1.81 bits per heavy atom. The van der Waals surface area contributed by atoms with Crippen LogP contribution in [0.15, 0.2) is 23.1 Å². The van der Waals surface area contributed by atoms with Crippen molar-refractivity contribution in [1.29, 1.82) is 0 Å². The fourth-order valence-corrected chi connectivity index (χ4v) is 4.82. The van der Waals surface area contributed by atoms with E-state index in [1.54, 1.807) is 11.0 Å². The molecular weight excluding hydrogens is 394 g/mol. The molecule has 2 heterocycles. The van der Waals surface area contributed by atoms with E-state index >= 15 is 0 Å². The number of amides is 1. The smallest absolute Gasteiger partial charge is 0.260 e. The largest absolute Gasteiger partial charge is 0.482 e. The fourth-order valence-electron chi connectivity index (χ4n) is 3.02. The lowest BCUT2D eigenvalue weighted by atomic mass is 10.3. The molecule has 1 aromatic carbocycles. The molecule has 2 aliphatic rings. The van der Waals surface area contributed by atoms with Gasteiger partial charge in [-0.3, -0.25) is 4.79 Å². The Morgan fingerprint density at radius 3 is 2.48 bits per heavy atom. The molecule has 2 fully saturated rings. The quantitative estimate of drug-likeness (QED) is 0.694. The summed E-state index contributed by atoms with van der Waals surface area (Å²) in [4.78, 5) is 16.2. The van der Waals surface area contributed by atoms with Crippen molar-refractivity contribution in [2.45, 2.75) is 4.90 Å². The number of halogens is 1. The molecule has 10 heteroatoms. The van der Waals surface area contributed by atoms with Crippen LogP contribution in [-0.2, 0) is 19.6 Å². The average Bonchev–Trinajstić information content (AvgIpc) is 2.68. The Labute approximate surface area is 164 Å². The lowest BCUT2D eigenvalue weighted by Crippen LogP contribution is -2.48. The lowest BCUT2D eigenvalue weighted by molar-refractivity contribution is -0.135. The van der Waals surface area contributed by atoms with Gasteiger partial charge in [-0.05, 0) is 25.2 Å². The summed E-state index contributed by atoms with van der Waals surface area (Å²) >= 11 is 6.02. The van der Waals surface area contributed by atoms with E-state index in [0.717, 1.165) is 13.1 Å². The maximum Gasteiger partial charge on any atom is 0.260 e. The number of rotatable bonds is 5. The van der Waals surface area contributed by atoms with Crippen LogP contribution in [0.2, 0.25) is 5.02 Å². The van der Waals surface area contributed by atoms with Crippen LogP contribution >= 0.6 is 11.6 Å². The van der Waals surface area contributed by atoms with Crippen molar-refractivity contribution < 1.29 is 22.7 Å². The Bertz CT molecular complexity index is 775. The summed E-state index contributed by atoms with van der Waals surface area (Å²) in [5, 5.41) is 0.291. The highest BCUT2D eigenvalue weighted by molar-refractivity contribution is 7.89. The van der Waals surface area contributed by atoms with Crippen LogP contribution in [-0.4, -0.2) is 94.6 Å². The molecule has 150 valence electrons. The van der Waals surface area contributed by atoms with Crippen molar-refractivity contribution >= 4 is 27.5 Å². The topological polar surface area (TPSA) is 79.4 Å². The van der Waals surface area contributed by atoms with Crippen LogP contribution in [0.25, 0.3) is 0 Å². The molecule has 3 rings (SSSR count). The summed E-state index contributed by atoms with van der Waals surface area (Å²) in [5.74, 6) is -0.0267. The number of hydrogen-bond donors (Lipinski definition) is 0. The summed E-state index contributed by atoms with van der Waals surface area (Å²) < 4.78 is 38.1. The number of carbonyl (C=O) groups is 1. The van der Waals surface area contributed by atoms with Crippen molar-refractivity contribution in [3.63, 3.8) is 0 Å². The SMILES string of the molecule is CN1CCN(C(=O)COc2ccc(Cl)cc2S(=O)(=O)N2CCOCC2)CC1. The van der Waals surface area contributed by atoms with Crippen molar-refractivity contribution in [2.75, 3.05) is 66.1 Å². The van der Waals surface area contributed by atoms with Gasteiger partial charge in [0.1, 0.15) is 10.6 Å². The van der Waals surface area contributed by atoms with E-state index in [1.165, 1.54) is 16.4 Å². The molecule has 0 spiro atoms. The van der Waals surface area contributed by atoms with E-state index in [4.69, 9.17) is 21.1 Å². The maximum absolute atomic E-state index is 13.0. The molecule has 0 aromatic heterocycles. The highest BCUT2D eigenvalue weighted by Crippen LogP contribution is 2.30. The highest BCUT2D eigenvalue weighted by Gasteiger charge is 2.30. The molecule has 8 nitrogen and oxygen atoms in total. The van der Waals surface area contributed by atoms with Crippen molar-refractivity contribution in [3.05, 3.63) is 23.2 Å². The first-order valence-electron chi connectivity index (χ1n) is 8.84. The Balaban J connectivity index is 1.73. The van der Waals surface area contributed by atoms with Crippen LogP contribution in [0.4, 0.5) is 0 Å². The Hall–Kier alpha value is -1.39. The zero-order valence-corrected chi connectivity index (χ0v) is 16.8. The number of benzene rings is 1. The molecule has 0 aliphatic carbocycles. The number of sulfonamides is 1. The molecular formula is C17H24ClN3O5S. The van der Waals surface area contributed by atoms with E-state index in [9.17, 15) is 13.2 Å². The number of hydrogen-bond acceptors (Lipinski definition) is 6. The molecule has 27 heavy (non-hydrogen) atoms. The minimum Gasteiger partial charge on any atom is -0.482 e. The molecule has 0 unspecified atom stereocenters. The summed E-state index contributed by atoms with van der Waals surface area (Å²) in [7, 11) is -1.77. The monoisotopic (exact) mass is 417 g/mol. The number of morpholine rings is 1.